The van der Waals surface area contributed by atoms with Crippen LogP contribution in [0, 0.1) is 22.7 Å². The number of esters is 2. The van der Waals surface area contributed by atoms with Crippen molar-refractivity contribution in [1.82, 2.24) is 19.6 Å². The molecule has 0 saturated carbocycles. The van der Waals surface area contributed by atoms with Crippen LogP contribution < -0.4 is 9.47 Å². The van der Waals surface area contributed by atoms with Crippen LogP contribution in [0.3, 0.4) is 0 Å². The zero-order chi connectivity index (χ0) is 75.8. The predicted octanol–water partition coefficient (Wildman–Crippen LogP) is 17.3. The van der Waals surface area contributed by atoms with E-state index in [-0.39, 0.29) is 116 Å². The minimum Gasteiger partial charge on any atom is -0.460 e. The van der Waals surface area contributed by atoms with Gasteiger partial charge in [-0.15, -0.1) is 0 Å². The molecule has 0 atom stereocenters. The lowest BCUT2D eigenvalue weighted by atomic mass is 9.82. The summed E-state index contributed by atoms with van der Waals surface area (Å²) in [5.74, 6) is -6.21. The van der Waals surface area contributed by atoms with Crippen LogP contribution in [0.4, 0.5) is 0 Å². The van der Waals surface area contributed by atoms with E-state index in [1.165, 1.54) is 60.7 Å². The molecule has 0 radical (unpaired) electrons. The number of rotatable bonds is 16. The second kappa shape index (κ2) is 26.6. The molecule has 0 fully saturated rings. The van der Waals surface area contributed by atoms with Crippen molar-refractivity contribution in [1.29, 1.82) is 10.5 Å². The number of carbonyl (C=O) groups is 10. The molecule has 22 nitrogen and oxygen atoms in total. The molecule has 4 aliphatic rings. The number of halogens is 8. The van der Waals surface area contributed by atoms with E-state index in [4.69, 9.17) is 18.9 Å². The molecule has 0 unspecified atom stereocenters. The number of β-amino-alcohol motifs (C(OH)–C–C–N with tert-alkyl or cyclic N) is 2. The summed E-state index contributed by atoms with van der Waals surface area (Å²) in [5.41, 5.74) is 1.79. The van der Waals surface area contributed by atoms with Gasteiger partial charge in [-0.1, -0.05) is 127 Å². The molecular weight excluding hydrogens is 1920 g/mol. The van der Waals surface area contributed by atoms with Crippen molar-refractivity contribution in [3.8, 4) is 35.1 Å². The van der Waals surface area contributed by atoms with Gasteiger partial charge in [-0.3, -0.25) is 58.0 Å². The highest BCUT2D eigenvalue weighted by Crippen LogP contribution is 2.57. The molecule has 4 aliphatic heterocycles. The number of hydrogen-bond acceptors (Lipinski definition) is 18. The Morgan fingerprint density at radius 3 is 0.731 bits per heavy atom. The van der Waals surface area contributed by atoms with Gasteiger partial charge >= 0.3 is 11.9 Å². The summed E-state index contributed by atoms with van der Waals surface area (Å²) in [6, 6.07) is 30.9. The van der Waals surface area contributed by atoms with E-state index in [0.29, 0.717) is 122 Å². The van der Waals surface area contributed by atoms with Crippen molar-refractivity contribution in [2.24, 2.45) is 0 Å². The lowest BCUT2D eigenvalue weighted by Crippen LogP contribution is -2.42. The number of amides is 8. The van der Waals surface area contributed by atoms with Crippen LogP contribution >= 0.6 is 127 Å². The normalized spacial score (nSPS) is 14.1. The zero-order valence-corrected chi connectivity index (χ0v) is 67.1. The van der Waals surface area contributed by atoms with Gasteiger partial charge in [0.1, 0.15) is 36.9 Å². The number of hydrogen-bond donors (Lipinski definition) is 2. The molecule has 30 heteroatoms. The maximum atomic E-state index is 14.6. The molecule has 2 N–H and O–H groups in total. The summed E-state index contributed by atoms with van der Waals surface area (Å²) >= 11 is 29.8. The van der Waals surface area contributed by atoms with Crippen molar-refractivity contribution >= 4 is 273 Å². The minimum atomic E-state index is -0.805. The number of imide groups is 4. The van der Waals surface area contributed by atoms with Crippen molar-refractivity contribution in [3.63, 3.8) is 0 Å². The first-order valence-electron chi connectivity index (χ1n) is 32.4. The number of fused-ring (bicyclic) bond motifs is 4. The summed E-state index contributed by atoms with van der Waals surface area (Å²) in [7, 11) is 0. The third-order valence-corrected chi connectivity index (χ3v) is 24.7. The molecular formula is C78H36Br8N6O16. The highest BCUT2D eigenvalue weighted by Gasteiger charge is 2.43. The molecule has 530 valence electrons. The van der Waals surface area contributed by atoms with Gasteiger partial charge in [-0.25, -0.2) is 9.59 Å². The van der Waals surface area contributed by atoms with Crippen LogP contribution in [0.15, 0.2) is 145 Å². The Balaban J connectivity index is 0.563. The number of benzene rings is 13. The average Bonchev–Trinajstić information content (AvgIpc) is 0.681. The highest BCUT2D eigenvalue weighted by atomic mass is 79.9. The third-order valence-electron chi connectivity index (χ3n) is 19.7. The van der Waals surface area contributed by atoms with E-state index < -0.39 is 85.6 Å². The van der Waals surface area contributed by atoms with E-state index in [1.807, 2.05) is 12.1 Å². The highest BCUT2D eigenvalue weighted by molar-refractivity contribution is 9.12. The topological polar surface area (TPSA) is 309 Å². The van der Waals surface area contributed by atoms with Crippen LogP contribution in [0.1, 0.15) is 115 Å². The first-order chi connectivity index (χ1) is 51.9. The maximum Gasteiger partial charge on any atom is 0.338 e. The lowest BCUT2D eigenvalue weighted by molar-refractivity contribution is 0.0405. The lowest BCUT2D eigenvalue weighted by Gasteiger charge is -2.31. The fourth-order valence-electron chi connectivity index (χ4n) is 15.2. The molecule has 0 aliphatic carbocycles. The Morgan fingerprint density at radius 2 is 0.528 bits per heavy atom. The van der Waals surface area contributed by atoms with Crippen LogP contribution in [-0.4, -0.2) is 142 Å². The van der Waals surface area contributed by atoms with Crippen molar-refractivity contribution < 1.29 is 77.1 Å². The molecule has 0 saturated heterocycles. The number of ether oxygens (including phenoxy) is 4. The summed E-state index contributed by atoms with van der Waals surface area (Å²) in [6.45, 7) is -2.71. The molecule has 4 heterocycles. The monoisotopic (exact) mass is 1940 g/mol. The number of aliphatic hydroxyl groups excluding tert-OH is 2. The molecule has 0 aromatic heterocycles. The summed E-state index contributed by atoms with van der Waals surface area (Å²) < 4.78 is 27.5. The van der Waals surface area contributed by atoms with Crippen molar-refractivity contribution in [2.45, 2.75) is 0 Å². The average molecular weight is 1950 g/mol. The molecule has 0 bridgehead atoms. The van der Waals surface area contributed by atoms with Gasteiger partial charge in [0.15, 0.2) is 11.5 Å². The van der Waals surface area contributed by atoms with Crippen molar-refractivity contribution in [2.75, 3.05) is 52.6 Å². The van der Waals surface area contributed by atoms with E-state index in [2.05, 4.69) is 127 Å². The predicted molar refractivity (Wildman–Crippen MR) is 422 cm³/mol. The van der Waals surface area contributed by atoms with Gasteiger partial charge in [-0.2, -0.15) is 10.5 Å². The Bertz CT molecular complexity index is 5960. The van der Waals surface area contributed by atoms with Crippen LogP contribution in [-0.2, 0) is 9.47 Å². The Morgan fingerprint density at radius 1 is 0.315 bits per heavy atom. The van der Waals surface area contributed by atoms with E-state index in [9.17, 15) is 68.7 Å². The first-order valence-corrected chi connectivity index (χ1v) is 38.7. The molecule has 8 amide bonds. The quantitative estimate of drug-likeness (QED) is 0.0393. The van der Waals surface area contributed by atoms with E-state index in [1.54, 1.807) is 48.5 Å². The Labute approximate surface area is 673 Å². The molecule has 108 heavy (non-hydrogen) atoms. The molecule has 13 aromatic rings. The minimum absolute atomic E-state index is 0.0176. The fraction of sp³-hybridized carbons (Fsp3) is 0.103. The number of nitrogens with zero attached hydrogens (tertiary/aromatic N) is 6. The molecule has 13 aromatic carbocycles. The van der Waals surface area contributed by atoms with Gasteiger partial charge < -0.3 is 29.2 Å². The van der Waals surface area contributed by atoms with E-state index >= 15 is 0 Å². The first kappa shape index (κ1) is 71.2. The van der Waals surface area contributed by atoms with Gasteiger partial charge in [0, 0.05) is 179 Å². The summed E-state index contributed by atoms with van der Waals surface area (Å²) in [5, 5.41) is 48.2. The SMILES string of the molecule is N#Cc1cc(Oc2ccc(C(=O)OCCN3C(=O)c4cc(Br)c5c6c(Br)cc7c8c(cc(Br)c(c9c(Br)cc(c4c59)C3=O)c86)C(=O)N(CCO)C7=O)cc2)c(Oc2ccc(C(=O)OCCN3C(=O)c4cc(Br)c5c6c(Br)cc7c8c(cc(Br)c(c9c(Br)cc(c4c59)C3=O)c86)C(=O)N(CCO)C7=O)cc2)cc1C#N. The van der Waals surface area contributed by atoms with Crippen molar-refractivity contribution in [3.05, 3.63) is 212 Å². The van der Waals surface area contributed by atoms with E-state index in [0.717, 1.165) is 19.6 Å². The number of nitriles is 2. The zero-order valence-electron chi connectivity index (χ0n) is 54.4. The smallest absolute Gasteiger partial charge is 0.338 e. The Hall–Kier alpha value is -9.70. The Kier molecular flexibility index (Phi) is 17.5. The molecule has 17 rings (SSSR count). The summed E-state index contributed by atoms with van der Waals surface area (Å²) in [4.78, 5) is 145. The van der Waals surface area contributed by atoms with Gasteiger partial charge in [0.2, 0.25) is 0 Å². The van der Waals surface area contributed by atoms with Crippen LogP contribution in [0.25, 0.3) is 86.2 Å². The second-order valence-electron chi connectivity index (χ2n) is 25.3. The standard InChI is InChI=1S/C78H36Br8N6O16/c79-43-19-35-53-36(70(96)89(9-13-93)69(35)95)20-44(80)58-62-48(84)24-40-55-39(23-47(83)61(67(55)62)57(43)65(53)58)73(99)91(74(40)100)11-15-105-77(103)29-1-5-33(6-2-29)107-51-17-31(27-87)32(28-88)18-52(51)108-34-7-3-30(4-8-34)78(104)106-16-12-92-75(101)41-25-49(85)63-59-45(81)21-37-54-38(72(98)90(10-14-94)71(37)97)22-46(82)60(66(54)59)64-50(86)26-42(76(92)102)56(41)68(63)64/h1-8,17-26,93-94H,9-16H2. The fourth-order valence-corrected chi connectivity index (χ4v) is 20.2. The van der Waals surface area contributed by atoms with Gasteiger partial charge in [-0.05, 0) is 97.1 Å². The maximum absolute atomic E-state index is 14.6. The van der Waals surface area contributed by atoms with Gasteiger partial charge in [0.25, 0.3) is 47.3 Å². The largest absolute Gasteiger partial charge is 0.460 e. The third kappa shape index (κ3) is 10.5. The number of aliphatic hydroxyl groups is 2. The van der Waals surface area contributed by atoms with Crippen LogP contribution in [0.5, 0.6) is 23.0 Å². The van der Waals surface area contributed by atoms with Gasteiger partial charge in [0.05, 0.1) is 61.6 Å². The number of carbonyl (C=O) groups excluding carboxylic acids is 10. The second-order valence-corrected chi connectivity index (χ2v) is 32.2. The van der Waals surface area contributed by atoms with Crippen LogP contribution in [0.2, 0.25) is 0 Å². The molecule has 0 spiro atoms. The summed E-state index contributed by atoms with van der Waals surface area (Å²) in [6.07, 6.45) is 0.